The van der Waals surface area contributed by atoms with Crippen molar-refractivity contribution in [3.8, 4) is 0 Å². The Balaban J connectivity index is 3.51. The second-order valence-electron chi connectivity index (χ2n) is 4.46. The lowest BCUT2D eigenvalue weighted by molar-refractivity contribution is -0.0825. The van der Waals surface area contributed by atoms with Crippen LogP contribution in [0.1, 0.15) is 27.7 Å². The van der Waals surface area contributed by atoms with Crippen molar-refractivity contribution in [2.24, 2.45) is 0 Å². The number of hydrogen-bond donors (Lipinski definition) is 2. The quantitative estimate of drug-likeness (QED) is 0.593. The zero-order chi connectivity index (χ0) is 13.3. The first-order chi connectivity index (χ1) is 7.95. The normalized spacial score (nSPS) is 18.7. The summed E-state index contributed by atoms with van der Waals surface area (Å²) in [6, 6.07) is 0. The van der Waals surface area contributed by atoms with E-state index in [0.29, 0.717) is 19.8 Å². The van der Waals surface area contributed by atoms with Crippen LogP contribution in [-0.2, 0) is 14.2 Å². The summed E-state index contributed by atoms with van der Waals surface area (Å²) in [5, 5.41) is 17.8. The van der Waals surface area contributed by atoms with Crippen molar-refractivity contribution >= 4 is 0 Å². The molecule has 0 unspecified atom stereocenters. The van der Waals surface area contributed by atoms with E-state index >= 15 is 0 Å². The maximum Gasteiger partial charge on any atom is 0.0781 e. The highest BCUT2D eigenvalue weighted by Crippen LogP contribution is 2.00. The molecular formula is C12H26O5. The average Bonchev–Trinajstić information content (AvgIpc) is 2.30. The maximum atomic E-state index is 9.04. The molecule has 0 heterocycles. The largest absolute Gasteiger partial charge is 0.394 e. The molecule has 0 rings (SSSR count). The summed E-state index contributed by atoms with van der Waals surface area (Å²) in [6.07, 6.45) is -0.711. The summed E-state index contributed by atoms with van der Waals surface area (Å²) >= 11 is 0. The van der Waals surface area contributed by atoms with Crippen LogP contribution < -0.4 is 0 Å². The third kappa shape index (κ3) is 10.7. The van der Waals surface area contributed by atoms with Gasteiger partial charge < -0.3 is 24.4 Å². The van der Waals surface area contributed by atoms with Gasteiger partial charge in [0.05, 0.1) is 50.8 Å². The van der Waals surface area contributed by atoms with E-state index in [2.05, 4.69) is 0 Å². The summed E-state index contributed by atoms with van der Waals surface area (Å²) in [7, 11) is 0. The van der Waals surface area contributed by atoms with Gasteiger partial charge in [-0.3, -0.25) is 0 Å². The third-order valence-corrected chi connectivity index (χ3v) is 2.11. The lowest BCUT2D eigenvalue weighted by atomic mass is 10.3. The Kier molecular flexibility index (Phi) is 9.68. The van der Waals surface area contributed by atoms with Gasteiger partial charge in [0.2, 0.25) is 0 Å². The van der Waals surface area contributed by atoms with E-state index in [1.807, 2.05) is 13.8 Å². The monoisotopic (exact) mass is 250 g/mol. The molecule has 104 valence electrons. The topological polar surface area (TPSA) is 68.2 Å². The van der Waals surface area contributed by atoms with Crippen molar-refractivity contribution in [2.45, 2.75) is 52.1 Å². The Morgan fingerprint density at radius 1 is 0.765 bits per heavy atom. The zero-order valence-corrected chi connectivity index (χ0v) is 11.3. The number of aliphatic hydroxyl groups is 2. The Labute approximate surface area is 104 Å². The number of hydrogen-bond acceptors (Lipinski definition) is 5. The highest BCUT2D eigenvalue weighted by atomic mass is 16.6. The number of ether oxygens (including phenoxy) is 3. The van der Waals surface area contributed by atoms with Crippen molar-refractivity contribution in [3.63, 3.8) is 0 Å². The van der Waals surface area contributed by atoms with Crippen LogP contribution in [0.15, 0.2) is 0 Å². The molecule has 0 aliphatic heterocycles. The van der Waals surface area contributed by atoms with Crippen molar-refractivity contribution < 1.29 is 24.4 Å². The van der Waals surface area contributed by atoms with Crippen LogP contribution >= 0.6 is 0 Å². The van der Waals surface area contributed by atoms with Crippen molar-refractivity contribution in [3.05, 3.63) is 0 Å². The van der Waals surface area contributed by atoms with E-state index in [-0.39, 0.29) is 24.9 Å². The molecule has 4 atom stereocenters. The maximum absolute atomic E-state index is 9.04. The van der Waals surface area contributed by atoms with Crippen LogP contribution in [-0.4, -0.2) is 61.1 Å². The molecule has 0 aliphatic rings. The first-order valence-corrected chi connectivity index (χ1v) is 6.09. The van der Waals surface area contributed by atoms with Crippen LogP contribution in [0.3, 0.4) is 0 Å². The fourth-order valence-corrected chi connectivity index (χ4v) is 1.05. The van der Waals surface area contributed by atoms with Gasteiger partial charge in [-0.25, -0.2) is 0 Å². The van der Waals surface area contributed by atoms with E-state index in [1.165, 1.54) is 0 Å². The molecule has 0 bridgehead atoms. The molecule has 0 spiro atoms. The fraction of sp³-hybridized carbons (Fsp3) is 1.00. The van der Waals surface area contributed by atoms with Crippen molar-refractivity contribution in [2.75, 3.05) is 26.4 Å². The molecule has 0 aromatic carbocycles. The van der Waals surface area contributed by atoms with Crippen LogP contribution in [0.2, 0.25) is 0 Å². The molecule has 0 aromatic heterocycles. The second kappa shape index (κ2) is 9.79. The Hall–Kier alpha value is -0.200. The first-order valence-electron chi connectivity index (χ1n) is 6.09. The van der Waals surface area contributed by atoms with Crippen LogP contribution in [0.25, 0.3) is 0 Å². The van der Waals surface area contributed by atoms with Crippen molar-refractivity contribution in [1.82, 2.24) is 0 Å². The van der Waals surface area contributed by atoms with E-state index in [1.54, 1.807) is 13.8 Å². The first kappa shape index (κ1) is 16.8. The van der Waals surface area contributed by atoms with Gasteiger partial charge in [-0.15, -0.1) is 0 Å². The van der Waals surface area contributed by atoms with E-state index in [0.717, 1.165) is 0 Å². The predicted octanol–water partition coefficient (Wildman–Crippen LogP) is 0.575. The van der Waals surface area contributed by atoms with Gasteiger partial charge in [-0.1, -0.05) is 0 Å². The molecule has 0 aromatic rings. The number of aliphatic hydroxyl groups excluding tert-OH is 2. The predicted molar refractivity (Wildman–Crippen MR) is 65.0 cm³/mol. The molecule has 0 saturated heterocycles. The van der Waals surface area contributed by atoms with Gasteiger partial charge in [0, 0.05) is 0 Å². The van der Waals surface area contributed by atoms with E-state index < -0.39 is 6.10 Å². The molecule has 0 aliphatic carbocycles. The molecule has 5 heteroatoms. The second-order valence-corrected chi connectivity index (χ2v) is 4.46. The van der Waals surface area contributed by atoms with E-state index in [4.69, 9.17) is 24.4 Å². The van der Waals surface area contributed by atoms with Crippen LogP contribution in [0.4, 0.5) is 0 Å². The minimum absolute atomic E-state index is 0.0145. The summed E-state index contributed by atoms with van der Waals surface area (Å²) in [6.45, 7) is 8.53. The standard InChI is InChI=1S/C12H26O5/c1-9(14)6-15-11(3)8-17-12(4)7-16-10(2)5-13/h9-14H,5-8H2,1-4H3/t9-,10+,11+,12-/m0/s1. The molecule has 17 heavy (non-hydrogen) atoms. The van der Waals surface area contributed by atoms with Gasteiger partial charge in [-0.2, -0.15) is 0 Å². The lowest BCUT2D eigenvalue weighted by Gasteiger charge is -2.19. The molecular weight excluding hydrogens is 224 g/mol. The van der Waals surface area contributed by atoms with Gasteiger partial charge >= 0.3 is 0 Å². The minimum Gasteiger partial charge on any atom is -0.394 e. The Bertz CT molecular complexity index is 174. The summed E-state index contributed by atoms with van der Waals surface area (Å²) in [5.41, 5.74) is 0. The summed E-state index contributed by atoms with van der Waals surface area (Å²) in [4.78, 5) is 0. The highest BCUT2D eigenvalue weighted by molar-refractivity contribution is 4.55. The third-order valence-electron chi connectivity index (χ3n) is 2.11. The van der Waals surface area contributed by atoms with Gasteiger partial charge in [0.15, 0.2) is 0 Å². The fourth-order valence-electron chi connectivity index (χ4n) is 1.05. The van der Waals surface area contributed by atoms with Gasteiger partial charge in [0.25, 0.3) is 0 Å². The lowest BCUT2D eigenvalue weighted by Crippen LogP contribution is -2.27. The Morgan fingerprint density at radius 2 is 1.18 bits per heavy atom. The molecule has 2 N–H and O–H groups in total. The Morgan fingerprint density at radius 3 is 1.59 bits per heavy atom. The smallest absolute Gasteiger partial charge is 0.0781 e. The molecule has 0 radical (unpaired) electrons. The molecule has 0 amide bonds. The number of rotatable bonds is 10. The zero-order valence-electron chi connectivity index (χ0n) is 11.3. The highest BCUT2D eigenvalue weighted by Gasteiger charge is 2.09. The molecule has 0 saturated carbocycles. The van der Waals surface area contributed by atoms with E-state index in [9.17, 15) is 0 Å². The SMILES string of the molecule is C[C@H](O)CO[C@H](C)CO[C@@H](C)CO[C@H](C)CO. The van der Waals surface area contributed by atoms with Gasteiger partial charge in [-0.05, 0) is 27.7 Å². The van der Waals surface area contributed by atoms with Crippen LogP contribution in [0.5, 0.6) is 0 Å². The van der Waals surface area contributed by atoms with Crippen molar-refractivity contribution in [1.29, 1.82) is 0 Å². The average molecular weight is 250 g/mol. The summed E-state index contributed by atoms with van der Waals surface area (Å²) < 4.78 is 16.2. The van der Waals surface area contributed by atoms with Gasteiger partial charge in [0.1, 0.15) is 0 Å². The van der Waals surface area contributed by atoms with Crippen LogP contribution in [0, 0.1) is 0 Å². The summed E-state index contributed by atoms with van der Waals surface area (Å²) in [5.74, 6) is 0. The minimum atomic E-state index is -0.455. The molecule has 5 nitrogen and oxygen atoms in total. The molecule has 0 fully saturated rings.